The van der Waals surface area contributed by atoms with E-state index in [1.807, 2.05) is 18.2 Å². The summed E-state index contributed by atoms with van der Waals surface area (Å²) in [7, 11) is 0. The maximum atomic E-state index is 6.23. The van der Waals surface area contributed by atoms with Crippen LogP contribution in [0.2, 0.25) is 0 Å². The SMILES string of the molecule is CCCCCCCCCCCCCCCOc1ccc2ccccc2c1N=Nc1cccc(C)c1C. The highest BCUT2D eigenvalue weighted by Crippen LogP contribution is 2.37. The van der Waals surface area contributed by atoms with E-state index in [1.165, 1.54) is 82.6 Å². The van der Waals surface area contributed by atoms with Crippen molar-refractivity contribution in [1.29, 1.82) is 0 Å². The first-order chi connectivity index (χ1) is 17.7. The fraction of sp³-hybridized carbons (Fsp3) is 0.515. The summed E-state index contributed by atoms with van der Waals surface area (Å²) in [6, 6.07) is 18.6. The Balaban J connectivity index is 1.44. The first kappa shape index (κ1) is 27.9. The van der Waals surface area contributed by atoms with Crippen molar-refractivity contribution in [2.45, 2.75) is 104 Å². The van der Waals surface area contributed by atoms with Crippen molar-refractivity contribution < 1.29 is 4.74 Å². The molecule has 3 aromatic rings. The summed E-state index contributed by atoms with van der Waals surface area (Å²) in [5.41, 5.74) is 4.12. The van der Waals surface area contributed by atoms with E-state index in [1.54, 1.807) is 0 Å². The standard InChI is InChI=1S/C33H46N2O/c1-4-5-6-7-8-9-10-11-12-13-14-15-18-26-36-32-25-24-29-21-16-17-22-30(29)33(32)35-34-31-23-19-20-27(2)28(31)3/h16-17,19-25H,4-15,18,26H2,1-3H3. The maximum Gasteiger partial charge on any atom is 0.147 e. The zero-order valence-corrected chi connectivity index (χ0v) is 22.9. The molecule has 3 aromatic carbocycles. The number of nitrogens with zero attached hydrogens (tertiary/aromatic N) is 2. The van der Waals surface area contributed by atoms with E-state index in [0.29, 0.717) is 0 Å². The van der Waals surface area contributed by atoms with Crippen molar-refractivity contribution in [2.75, 3.05) is 6.61 Å². The van der Waals surface area contributed by atoms with Gasteiger partial charge in [-0.3, -0.25) is 0 Å². The van der Waals surface area contributed by atoms with Gasteiger partial charge in [-0.1, -0.05) is 126 Å². The molecule has 0 spiro atoms. The van der Waals surface area contributed by atoms with Crippen LogP contribution in [0.4, 0.5) is 11.4 Å². The highest BCUT2D eigenvalue weighted by atomic mass is 16.5. The van der Waals surface area contributed by atoms with Crippen molar-refractivity contribution in [2.24, 2.45) is 10.2 Å². The lowest BCUT2D eigenvalue weighted by molar-refractivity contribution is 0.305. The molecular formula is C33H46N2O. The van der Waals surface area contributed by atoms with Crippen molar-refractivity contribution in [1.82, 2.24) is 0 Å². The van der Waals surface area contributed by atoms with Crippen LogP contribution in [0.5, 0.6) is 5.75 Å². The predicted molar refractivity (Wildman–Crippen MR) is 155 cm³/mol. The third-order valence-electron chi connectivity index (χ3n) is 7.20. The fourth-order valence-electron chi connectivity index (χ4n) is 4.70. The molecule has 0 aromatic heterocycles. The zero-order valence-electron chi connectivity index (χ0n) is 22.9. The van der Waals surface area contributed by atoms with E-state index >= 15 is 0 Å². The number of aryl methyl sites for hydroxylation is 1. The van der Waals surface area contributed by atoms with Gasteiger partial charge in [0.25, 0.3) is 0 Å². The maximum absolute atomic E-state index is 6.23. The Morgan fingerprint density at radius 3 is 1.94 bits per heavy atom. The van der Waals surface area contributed by atoms with Crippen LogP contribution >= 0.6 is 0 Å². The minimum Gasteiger partial charge on any atom is -0.491 e. The number of fused-ring (bicyclic) bond motifs is 1. The third kappa shape index (κ3) is 9.08. The molecule has 0 fully saturated rings. The molecule has 0 aliphatic rings. The lowest BCUT2D eigenvalue weighted by atomic mass is 10.0. The summed E-state index contributed by atoms with van der Waals surface area (Å²) >= 11 is 0. The Morgan fingerprint density at radius 2 is 1.25 bits per heavy atom. The van der Waals surface area contributed by atoms with E-state index in [0.717, 1.165) is 46.5 Å². The number of hydrogen-bond donors (Lipinski definition) is 0. The van der Waals surface area contributed by atoms with Gasteiger partial charge >= 0.3 is 0 Å². The molecule has 3 rings (SSSR count). The minimum absolute atomic E-state index is 0.724. The van der Waals surface area contributed by atoms with Crippen LogP contribution in [-0.4, -0.2) is 6.61 Å². The smallest absolute Gasteiger partial charge is 0.147 e. The molecule has 3 heteroatoms. The molecule has 0 atom stereocenters. The topological polar surface area (TPSA) is 34.0 Å². The monoisotopic (exact) mass is 486 g/mol. The number of hydrogen-bond acceptors (Lipinski definition) is 3. The Hall–Kier alpha value is -2.68. The molecule has 0 bridgehead atoms. The minimum atomic E-state index is 0.724. The van der Waals surface area contributed by atoms with Crippen molar-refractivity contribution in [3.05, 3.63) is 65.7 Å². The van der Waals surface area contributed by atoms with Crippen molar-refractivity contribution >= 4 is 22.1 Å². The summed E-state index contributed by atoms with van der Waals surface area (Å²) < 4.78 is 6.23. The van der Waals surface area contributed by atoms with E-state index in [4.69, 9.17) is 9.85 Å². The van der Waals surface area contributed by atoms with E-state index in [9.17, 15) is 0 Å². The molecule has 0 saturated heterocycles. The molecule has 0 radical (unpaired) electrons. The molecule has 0 N–H and O–H groups in total. The Bertz CT molecular complexity index is 1070. The highest BCUT2D eigenvalue weighted by molar-refractivity contribution is 5.95. The van der Waals surface area contributed by atoms with Gasteiger partial charge in [0.05, 0.1) is 12.3 Å². The molecule has 0 aliphatic heterocycles. The largest absolute Gasteiger partial charge is 0.491 e. The van der Waals surface area contributed by atoms with Crippen molar-refractivity contribution in [3.63, 3.8) is 0 Å². The van der Waals surface area contributed by atoms with E-state index in [-0.39, 0.29) is 0 Å². The molecule has 0 heterocycles. The van der Waals surface area contributed by atoms with Crippen LogP contribution < -0.4 is 4.74 Å². The average Bonchev–Trinajstić information content (AvgIpc) is 2.90. The van der Waals surface area contributed by atoms with Gasteiger partial charge in [-0.15, -0.1) is 5.11 Å². The number of benzene rings is 3. The Labute approximate surface area is 219 Å². The first-order valence-electron chi connectivity index (χ1n) is 14.3. The highest BCUT2D eigenvalue weighted by Gasteiger charge is 2.09. The molecule has 36 heavy (non-hydrogen) atoms. The molecule has 0 saturated carbocycles. The van der Waals surface area contributed by atoms with Crippen LogP contribution in [0, 0.1) is 13.8 Å². The molecule has 194 valence electrons. The first-order valence-corrected chi connectivity index (χ1v) is 14.3. The number of azo groups is 1. The van der Waals surface area contributed by atoms with Crippen LogP contribution in [0.1, 0.15) is 102 Å². The second-order valence-corrected chi connectivity index (χ2v) is 10.1. The Kier molecular flexibility index (Phi) is 12.5. The molecule has 0 aliphatic carbocycles. The summed E-state index contributed by atoms with van der Waals surface area (Å²) in [5.74, 6) is 0.821. The van der Waals surface area contributed by atoms with Crippen LogP contribution in [-0.2, 0) is 0 Å². The molecular weight excluding hydrogens is 440 g/mol. The zero-order chi connectivity index (χ0) is 25.4. The van der Waals surface area contributed by atoms with Gasteiger partial charge in [0.15, 0.2) is 0 Å². The summed E-state index contributed by atoms with van der Waals surface area (Å²) in [6.45, 7) is 7.21. The van der Waals surface area contributed by atoms with E-state index in [2.05, 4.69) is 62.3 Å². The van der Waals surface area contributed by atoms with Gasteiger partial charge in [-0.2, -0.15) is 5.11 Å². The Morgan fingerprint density at radius 1 is 0.611 bits per heavy atom. The van der Waals surface area contributed by atoms with Gasteiger partial charge in [0, 0.05) is 5.39 Å². The van der Waals surface area contributed by atoms with E-state index < -0.39 is 0 Å². The molecule has 3 nitrogen and oxygen atoms in total. The summed E-state index contributed by atoms with van der Waals surface area (Å²) in [4.78, 5) is 0. The van der Waals surface area contributed by atoms with Crippen LogP contribution in [0.15, 0.2) is 64.8 Å². The lowest BCUT2D eigenvalue weighted by Gasteiger charge is -2.11. The van der Waals surface area contributed by atoms with Gasteiger partial charge in [0.1, 0.15) is 11.4 Å². The second kappa shape index (κ2) is 16.1. The third-order valence-corrected chi connectivity index (χ3v) is 7.20. The van der Waals surface area contributed by atoms with Gasteiger partial charge in [-0.05, 0) is 48.9 Å². The number of rotatable bonds is 17. The average molecular weight is 487 g/mol. The summed E-state index contributed by atoms with van der Waals surface area (Å²) in [5, 5.41) is 11.5. The van der Waals surface area contributed by atoms with Crippen molar-refractivity contribution in [3.8, 4) is 5.75 Å². The predicted octanol–water partition coefficient (Wildman–Crippen LogP) is 11.3. The second-order valence-electron chi connectivity index (χ2n) is 10.1. The summed E-state index contributed by atoms with van der Waals surface area (Å²) in [6.07, 6.45) is 17.6. The van der Waals surface area contributed by atoms with Gasteiger partial charge < -0.3 is 4.74 Å². The molecule has 0 amide bonds. The van der Waals surface area contributed by atoms with Crippen LogP contribution in [0.25, 0.3) is 10.8 Å². The number of unbranched alkanes of at least 4 members (excludes halogenated alkanes) is 12. The number of ether oxygens (including phenoxy) is 1. The normalized spacial score (nSPS) is 11.5. The molecule has 0 unspecified atom stereocenters. The fourth-order valence-corrected chi connectivity index (χ4v) is 4.70. The van der Waals surface area contributed by atoms with Crippen LogP contribution in [0.3, 0.4) is 0 Å². The quantitative estimate of drug-likeness (QED) is 0.138. The lowest BCUT2D eigenvalue weighted by Crippen LogP contribution is -1.98. The van der Waals surface area contributed by atoms with Gasteiger partial charge in [0.2, 0.25) is 0 Å². The van der Waals surface area contributed by atoms with Gasteiger partial charge in [-0.25, -0.2) is 0 Å².